The third-order valence-corrected chi connectivity index (χ3v) is 1.93. The van der Waals surface area contributed by atoms with E-state index in [0.717, 1.165) is 0 Å². The Morgan fingerprint density at radius 1 is 1.14 bits per heavy atom. The second-order valence-electron chi connectivity index (χ2n) is 2.95. The molecule has 2 N–H and O–H groups in total. The number of nitrogen functional groups attached to an aromatic ring is 1. The van der Waals surface area contributed by atoms with Crippen molar-refractivity contribution < 1.29 is 4.39 Å². The van der Waals surface area contributed by atoms with E-state index in [1.807, 2.05) is 6.07 Å². The highest BCUT2D eigenvalue weighted by Crippen LogP contribution is 2.21. The van der Waals surface area contributed by atoms with Crippen molar-refractivity contribution in [1.29, 1.82) is 0 Å². The zero-order chi connectivity index (χ0) is 9.97. The molecule has 3 heteroatoms. The molecule has 1 aromatic carbocycles. The molecular weight excluding hydrogens is 179 g/mol. The number of hydrogen-bond donors (Lipinski definition) is 1. The second-order valence-corrected chi connectivity index (χ2v) is 2.95. The summed E-state index contributed by atoms with van der Waals surface area (Å²) in [7, 11) is 0. The fourth-order valence-electron chi connectivity index (χ4n) is 1.26. The summed E-state index contributed by atoms with van der Waals surface area (Å²) in [5.41, 5.74) is 6.95. The highest BCUT2D eigenvalue weighted by molar-refractivity contribution is 5.62. The predicted molar refractivity (Wildman–Crippen MR) is 54.0 cm³/mol. The second kappa shape index (κ2) is 3.46. The minimum absolute atomic E-state index is 0.344. The molecule has 0 unspecified atom stereocenters. The van der Waals surface area contributed by atoms with E-state index in [1.165, 1.54) is 6.07 Å². The van der Waals surface area contributed by atoms with Crippen LogP contribution in [-0.2, 0) is 0 Å². The quantitative estimate of drug-likeness (QED) is 0.698. The summed E-state index contributed by atoms with van der Waals surface area (Å²) in [5.74, 6) is -0.344. The van der Waals surface area contributed by atoms with Crippen LogP contribution in [0.25, 0.3) is 11.3 Å². The number of nitrogens with zero attached hydrogens (tertiary/aromatic N) is 1. The lowest BCUT2D eigenvalue weighted by molar-refractivity contribution is 0.631. The van der Waals surface area contributed by atoms with Gasteiger partial charge >= 0.3 is 0 Å². The van der Waals surface area contributed by atoms with E-state index in [0.29, 0.717) is 16.9 Å². The van der Waals surface area contributed by atoms with E-state index in [2.05, 4.69) is 4.98 Å². The van der Waals surface area contributed by atoms with E-state index in [4.69, 9.17) is 5.73 Å². The largest absolute Gasteiger partial charge is 0.399 e. The fourth-order valence-corrected chi connectivity index (χ4v) is 1.26. The van der Waals surface area contributed by atoms with E-state index in [1.54, 1.807) is 30.5 Å². The lowest BCUT2D eigenvalue weighted by Crippen LogP contribution is -1.90. The highest BCUT2D eigenvalue weighted by Gasteiger charge is 2.04. The van der Waals surface area contributed by atoms with Crippen molar-refractivity contribution in [3.63, 3.8) is 0 Å². The van der Waals surface area contributed by atoms with Crippen molar-refractivity contribution in [2.75, 3.05) is 5.73 Å². The average Bonchev–Trinajstić information content (AvgIpc) is 2.19. The van der Waals surface area contributed by atoms with Crippen molar-refractivity contribution in [2.24, 2.45) is 0 Å². The molecule has 14 heavy (non-hydrogen) atoms. The van der Waals surface area contributed by atoms with Crippen LogP contribution in [-0.4, -0.2) is 4.98 Å². The zero-order valence-electron chi connectivity index (χ0n) is 7.44. The van der Waals surface area contributed by atoms with E-state index < -0.39 is 0 Å². The molecular formula is C11H9FN2. The molecule has 2 nitrogen and oxygen atoms in total. The Labute approximate surface area is 81.2 Å². The van der Waals surface area contributed by atoms with Crippen molar-refractivity contribution in [1.82, 2.24) is 4.98 Å². The van der Waals surface area contributed by atoms with Gasteiger partial charge in [0.05, 0.1) is 5.69 Å². The summed E-state index contributed by atoms with van der Waals surface area (Å²) in [5, 5.41) is 0. The van der Waals surface area contributed by atoms with Gasteiger partial charge in [-0.2, -0.15) is 0 Å². The summed E-state index contributed by atoms with van der Waals surface area (Å²) in [4.78, 5) is 4.06. The normalized spacial score (nSPS) is 10.1. The number of benzene rings is 1. The van der Waals surface area contributed by atoms with Crippen molar-refractivity contribution in [3.05, 3.63) is 48.4 Å². The molecule has 0 atom stereocenters. The lowest BCUT2D eigenvalue weighted by atomic mass is 10.1. The van der Waals surface area contributed by atoms with Crippen LogP contribution in [0.4, 0.5) is 10.1 Å². The van der Waals surface area contributed by atoms with Crippen LogP contribution in [0, 0.1) is 5.82 Å². The summed E-state index contributed by atoms with van der Waals surface area (Å²) < 4.78 is 13.4. The van der Waals surface area contributed by atoms with Crippen molar-refractivity contribution >= 4 is 5.69 Å². The van der Waals surface area contributed by atoms with Crippen LogP contribution >= 0.6 is 0 Å². The molecule has 0 saturated carbocycles. The van der Waals surface area contributed by atoms with Gasteiger partial charge in [-0.05, 0) is 30.3 Å². The maximum atomic E-state index is 13.4. The van der Waals surface area contributed by atoms with Gasteiger partial charge in [-0.15, -0.1) is 0 Å². The summed E-state index contributed by atoms with van der Waals surface area (Å²) in [6.45, 7) is 0. The SMILES string of the molecule is Nc1ccc(-c2ccccn2)c(F)c1. The minimum Gasteiger partial charge on any atom is -0.399 e. The number of anilines is 1. The predicted octanol–water partition coefficient (Wildman–Crippen LogP) is 2.47. The molecule has 1 heterocycles. The Kier molecular flexibility index (Phi) is 2.14. The van der Waals surface area contributed by atoms with Gasteiger partial charge < -0.3 is 5.73 Å². The molecule has 0 amide bonds. The Morgan fingerprint density at radius 3 is 2.64 bits per heavy atom. The first-order valence-corrected chi connectivity index (χ1v) is 4.24. The van der Waals surface area contributed by atoms with Gasteiger partial charge in [0.15, 0.2) is 0 Å². The van der Waals surface area contributed by atoms with Crippen LogP contribution in [0.1, 0.15) is 0 Å². The van der Waals surface area contributed by atoms with Crippen LogP contribution in [0.15, 0.2) is 42.6 Å². The van der Waals surface area contributed by atoms with Crippen LogP contribution in [0.3, 0.4) is 0 Å². The van der Waals surface area contributed by atoms with Crippen LogP contribution < -0.4 is 5.73 Å². The van der Waals surface area contributed by atoms with Gasteiger partial charge in [-0.25, -0.2) is 4.39 Å². The molecule has 2 rings (SSSR count). The number of hydrogen-bond acceptors (Lipinski definition) is 2. The molecule has 0 saturated heterocycles. The molecule has 0 spiro atoms. The Hall–Kier alpha value is -1.90. The topological polar surface area (TPSA) is 38.9 Å². The molecule has 70 valence electrons. The number of halogens is 1. The van der Waals surface area contributed by atoms with E-state index in [9.17, 15) is 4.39 Å². The Morgan fingerprint density at radius 2 is 2.00 bits per heavy atom. The molecule has 2 aromatic rings. The molecule has 0 bridgehead atoms. The molecule has 1 aromatic heterocycles. The molecule has 0 aliphatic heterocycles. The van der Waals surface area contributed by atoms with Gasteiger partial charge in [0.25, 0.3) is 0 Å². The van der Waals surface area contributed by atoms with E-state index >= 15 is 0 Å². The first kappa shape index (κ1) is 8.69. The van der Waals surface area contributed by atoms with Crippen molar-refractivity contribution in [2.45, 2.75) is 0 Å². The number of nitrogens with two attached hydrogens (primary N) is 1. The Balaban J connectivity index is 2.53. The summed E-state index contributed by atoms with van der Waals surface area (Å²) in [6.07, 6.45) is 1.63. The summed E-state index contributed by atoms with van der Waals surface area (Å²) in [6, 6.07) is 9.95. The number of pyridine rings is 1. The smallest absolute Gasteiger partial charge is 0.134 e. The summed E-state index contributed by atoms with van der Waals surface area (Å²) >= 11 is 0. The van der Waals surface area contributed by atoms with Gasteiger partial charge in [-0.3, -0.25) is 4.98 Å². The van der Waals surface area contributed by atoms with Gasteiger partial charge in [0.2, 0.25) is 0 Å². The molecule has 0 aliphatic rings. The monoisotopic (exact) mass is 188 g/mol. The fraction of sp³-hybridized carbons (Fsp3) is 0. The van der Waals surface area contributed by atoms with Crippen LogP contribution in [0.2, 0.25) is 0 Å². The maximum absolute atomic E-state index is 13.4. The standard InChI is InChI=1S/C11H9FN2/c12-10-7-8(13)4-5-9(10)11-3-1-2-6-14-11/h1-7H,13H2. The third kappa shape index (κ3) is 1.57. The molecule has 0 aliphatic carbocycles. The third-order valence-electron chi connectivity index (χ3n) is 1.93. The minimum atomic E-state index is -0.344. The van der Waals surface area contributed by atoms with E-state index in [-0.39, 0.29) is 5.82 Å². The molecule has 0 radical (unpaired) electrons. The van der Waals surface area contributed by atoms with Crippen LogP contribution in [0.5, 0.6) is 0 Å². The van der Waals surface area contributed by atoms with Gasteiger partial charge in [-0.1, -0.05) is 6.07 Å². The molecule has 0 fully saturated rings. The average molecular weight is 188 g/mol. The zero-order valence-corrected chi connectivity index (χ0v) is 7.44. The highest BCUT2D eigenvalue weighted by atomic mass is 19.1. The van der Waals surface area contributed by atoms with Crippen molar-refractivity contribution in [3.8, 4) is 11.3 Å². The first-order valence-electron chi connectivity index (χ1n) is 4.24. The van der Waals surface area contributed by atoms with Gasteiger partial charge in [0.1, 0.15) is 5.82 Å². The lowest BCUT2D eigenvalue weighted by Gasteiger charge is -2.02. The number of aromatic nitrogens is 1. The Bertz CT molecular complexity index is 440. The maximum Gasteiger partial charge on any atom is 0.134 e. The first-order chi connectivity index (χ1) is 6.77. The van der Waals surface area contributed by atoms with Gasteiger partial charge in [0, 0.05) is 17.4 Å². The number of rotatable bonds is 1.